The summed E-state index contributed by atoms with van der Waals surface area (Å²) < 4.78 is 4.26. The van der Waals surface area contributed by atoms with Crippen LogP contribution in [0, 0.1) is 0 Å². The zero-order chi connectivity index (χ0) is 12.9. The van der Waals surface area contributed by atoms with Gasteiger partial charge in [-0.15, -0.1) is 0 Å². The molecule has 3 nitrogen and oxygen atoms in total. The van der Waals surface area contributed by atoms with Gasteiger partial charge < -0.3 is 0 Å². The monoisotopic (exact) mass is 326 g/mol. The van der Waals surface area contributed by atoms with Gasteiger partial charge in [0.25, 0.3) is 5.56 Å². The molecule has 18 heavy (non-hydrogen) atoms. The van der Waals surface area contributed by atoms with Gasteiger partial charge in [0.15, 0.2) is 0 Å². The first-order chi connectivity index (χ1) is 8.59. The van der Waals surface area contributed by atoms with Gasteiger partial charge in [-0.25, -0.2) is 4.68 Å². The second-order valence-electron chi connectivity index (χ2n) is 4.59. The highest BCUT2D eigenvalue weighted by Crippen LogP contribution is 2.42. The molecule has 0 unspecified atom stereocenters. The van der Waals surface area contributed by atoms with Crippen LogP contribution in [-0.2, 0) is 7.05 Å². The zero-order valence-corrected chi connectivity index (χ0v) is 12.2. The fraction of sp³-hybridized carbons (Fsp3) is 0.308. The Kier molecular flexibility index (Phi) is 2.87. The van der Waals surface area contributed by atoms with Crippen molar-refractivity contribution in [3.63, 3.8) is 0 Å². The molecule has 1 aromatic heterocycles. The maximum absolute atomic E-state index is 12.3. The first-order valence-corrected chi connectivity index (χ1v) is 7.00. The highest BCUT2D eigenvalue weighted by Gasteiger charge is 2.31. The van der Waals surface area contributed by atoms with Crippen molar-refractivity contribution in [2.24, 2.45) is 7.05 Å². The van der Waals surface area contributed by atoms with E-state index in [9.17, 15) is 4.79 Å². The van der Waals surface area contributed by atoms with Crippen molar-refractivity contribution in [3.8, 4) is 5.69 Å². The second-order valence-corrected chi connectivity index (χ2v) is 5.82. The fourth-order valence-electron chi connectivity index (χ4n) is 2.29. The SMILES string of the molecule is Cn1c(C2CC2)c(Br)c(=O)n1-c1cccc(Cl)c1. The lowest BCUT2D eigenvalue weighted by atomic mass is 10.3. The van der Waals surface area contributed by atoms with Gasteiger partial charge in [-0.2, -0.15) is 0 Å². The Morgan fingerprint density at radius 1 is 1.39 bits per heavy atom. The molecule has 94 valence electrons. The van der Waals surface area contributed by atoms with Gasteiger partial charge in [-0.1, -0.05) is 17.7 Å². The van der Waals surface area contributed by atoms with Gasteiger partial charge in [-0.05, 0) is 47.0 Å². The van der Waals surface area contributed by atoms with Crippen molar-refractivity contribution >= 4 is 27.5 Å². The molecule has 0 bridgehead atoms. The van der Waals surface area contributed by atoms with Gasteiger partial charge in [-0.3, -0.25) is 9.48 Å². The molecule has 1 aliphatic carbocycles. The minimum absolute atomic E-state index is 0.0262. The molecule has 1 fully saturated rings. The molecule has 0 radical (unpaired) electrons. The van der Waals surface area contributed by atoms with Crippen molar-refractivity contribution in [1.29, 1.82) is 0 Å². The smallest absolute Gasteiger partial charge is 0.284 e. The van der Waals surface area contributed by atoms with E-state index < -0.39 is 0 Å². The average molecular weight is 328 g/mol. The summed E-state index contributed by atoms with van der Waals surface area (Å²) in [5, 5.41) is 0.629. The predicted octanol–water partition coefficient (Wildman–Crippen LogP) is 3.47. The molecule has 0 spiro atoms. The largest absolute Gasteiger partial charge is 0.285 e. The molecular formula is C13H12BrClN2O. The molecule has 5 heteroatoms. The van der Waals surface area contributed by atoms with E-state index in [0.717, 1.165) is 24.2 Å². The zero-order valence-electron chi connectivity index (χ0n) is 9.86. The highest BCUT2D eigenvalue weighted by molar-refractivity contribution is 9.10. The molecule has 0 aliphatic heterocycles. The molecule has 1 aliphatic rings. The third-order valence-electron chi connectivity index (χ3n) is 3.27. The van der Waals surface area contributed by atoms with Crippen LogP contribution in [-0.4, -0.2) is 9.36 Å². The maximum Gasteiger partial charge on any atom is 0.285 e. The third-order valence-corrected chi connectivity index (χ3v) is 4.25. The van der Waals surface area contributed by atoms with E-state index in [4.69, 9.17) is 11.6 Å². The number of halogens is 2. The Morgan fingerprint density at radius 3 is 2.72 bits per heavy atom. The van der Waals surface area contributed by atoms with Gasteiger partial charge >= 0.3 is 0 Å². The van der Waals surface area contributed by atoms with Crippen molar-refractivity contribution in [1.82, 2.24) is 9.36 Å². The van der Waals surface area contributed by atoms with Crippen LogP contribution in [0.25, 0.3) is 5.69 Å². The summed E-state index contributed by atoms with van der Waals surface area (Å²) in [6.45, 7) is 0. The summed E-state index contributed by atoms with van der Waals surface area (Å²) in [4.78, 5) is 12.3. The van der Waals surface area contributed by atoms with Gasteiger partial charge in [0.2, 0.25) is 0 Å². The van der Waals surface area contributed by atoms with Crippen molar-refractivity contribution in [2.75, 3.05) is 0 Å². The first kappa shape index (κ1) is 12.1. The van der Waals surface area contributed by atoms with Crippen LogP contribution >= 0.6 is 27.5 Å². The van der Waals surface area contributed by atoms with Crippen LogP contribution in [0.4, 0.5) is 0 Å². The third kappa shape index (κ3) is 1.84. The van der Waals surface area contributed by atoms with E-state index in [1.165, 1.54) is 0 Å². The molecule has 2 aromatic rings. The number of hydrogen-bond acceptors (Lipinski definition) is 1. The lowest BCUT2D eigenvalue weighted by molar-refractivity contribution is 0.616. The molecule has 1 heterocycles. The van der Waals surface area contributed by atoms with E-state index in [-0.39, 0.29) is 5.56 Å². The van der Waals surface area contributed by atoms with Crippen LogP contribution in [0.1, 0.15) is 24.5 Å². The molecule has 1 aromatic carbocycles. The summed E-state index contributed by atoms with van der Waals surface area (Å²) in [5.74, 6) is 0.512. The summed E-state index contributed by atoms with van der Waals surface area (Å²) >= 11 is 9.41. The van der Waals surface area contributed by atoms with Crippen LogP contribution in [0.15, 0.2) is 33.5 Å². The van der Waals surface area contributed by atoms with E-state index in [1.54, 1.807) is 16.8 Å². The van der Waals surface area contributed by atoms with Crippen molar-refractivity contribution in [2.45, 2.75) is 18.8 Å². The van der Waals surface area contributed by atoms with Gasteiger partial charge in [0.05, 0.1) is 11.4 Å². The first-order valence-electron chi connectivity index (χ1n) is 5.83. The number of hydrogen-bond donors (Lipinski definition) is 0. The summed E-state index contributed by atoms with van der Waals surface area (Å²) in [5.41, 5.74) is 1.85. The lowest BCUT2D eigenvalue weighted by Crippen LogP contribution is -2.19. The maximum atomic E-state index is 12.3. The van der Waals surface area contributed by atoms with Crippen molar-refractivity contribution < 1.29 is 0 Å². The number of aromatic nitrogens is 2. The highest BCUT2D eigenvalue weighted by atomic mass is 79.9. The molecule has 0 saturated heterocycles. The minimum Gasteiger partial charge on any atom is -0.284 e. The van der Waals surface area contributed by atoms with Crippen LogP contribution < -0.4 is 5.56 Å². The fourth-order valence-corrected chi connectivity index (χ4v) is 3.22. The Labute approximate surface area is 118 Å². The number of benzene rings is 1. The number of rotatable bonds is 2. The quantitative estimate of drug-likeness (QED) is 0.830. The lowest BCUT2D eigenvalue weighted by Gasteiger charge is -2.09. The Morgan fingerprint density at radius 2 is 2.11 bits per heavy atom. The topological polar surface area (TPSA) is 26.9 Å². The van der Waals surface area contributed by atoms with Crippen LogP contribution in [0.3, 0.4) is 0 Å². The molecule has 0 N–H and O–H groups in total. The molecule has 0 atom stereocenters. The van der Waals surface area contributed by atoms with E-state index >= 15 is 0 Å². The van der Waals surface area contributed by atoms with E-state index in [2.05, 4.69) is 15.9 Å². The van der Waals surface area contributed by atoms with E-state index in [0.29, 0.717) is 15.4 Å². The Balaban J connectivity index is 2.24. The number of nitrogens with zero attached hydrogens (tertiary/aromatic N) is 2. The van der Waals surface area contributed by atoms with Crippen molar-refractivity contribution in [3.05, 3.63) is 49.8 Å². The van der Waals surface area contributed by atoms with Gasteiger partial charge in [0.1, 0.15) is 4.47 Å². The normalized spacial score (nSPS) is 15.1. The summed E-state index contributed by atoms with van der Waals surface area (Å²) in [6.07, 6.45) is 2.32. The molecule has 1 saturated carbocycles. The second kappa shape index (κ2) is 4.28. The standard InChI is InChI=1S/C13H12BrClN2O/c1-16-12(8-5-6-8)11(14)13(18)17(16)10-4-2-3-9(15)7-10/h2-4,7-8H,5-6H2,1H3. The minimum atomic E-state index is -0.0262. The molecular weight excluding hydrogens is 316 g/mol. The molecule has 3 rings (SSSR count). The predicted molar refractivity (Wildman–Crippen MR) is 75.7 cm³/mol. The van der Waals surface area contributed by atoms with E-state index in [1.807, 2.05) is 23.9 Å². The Hall–Kier alpha value is -1.00. The average Bonchev–Trinajstić information content (AvgIpc) is 3.10. The summed E-state index contributed by atoms with van der Waals surface area (Å²) in [7, 11) is 1.92. The Bertz CT molecular complexity index is 670. The molecule has 0 amide bonds. The van der Waals surface area contributed by atoms with Crippen LogP contribution in [0.5, 0.6) is 0 Å². The van der Waals surface area contributed by atoms with Crippen LogP contribution in [0.2, 0.25) is 5.02 Å². The van der Waals surface area contributed by atoms with Gasteiger partial charge in [0, 0.05) is 18.0 Å². The summed E-state index contributed by atoms with van der Waals surface area (Å²) in [6, 6.07) is 7.33.